The van der Waals surface area contributed by atoms with Crippen LogP contribution in [0.25, 0.3) is 0 Å². The maximum absolute atomic E-state index is 14.1. The summed E-state index contributed by atoms with van der Waals surface area (Å²) < 4.78 is 26.9. The number of carbonyl (C=O) groups is 2. The number of benzene rings is 3. The van der Waals surface area contributed by atoms with E-state index < -0.39 is 28.5 Å². The normalized spacial score (nSPS) is 12.1. The quantitative estimate of drug-likeness (QED) is 0.335. The van der Waals surface area contributed by atoms with Gasteiger partial charge in [0.05, 0.1) is 11.9 Å². The van der Waals surface area contributed by atoms with Gasteiger partial charge in [-0.1, -0.05) is 65.7 Å². The highest BCUT2D eigenvalue weighted by Gasteiger charge is 2.33. The molecule has 0 saturated carbocycles. The van der Waals surface area contributed by atoms with Gasteiger partial charge in [0, 0.05) is 35.1 Å². The summed E-state index contributed by atoms with van der Waals surface area (Å²) in [5.41, 5.74) is 3.39. The molecule has 1 N–H and O–H groups in total. The van der Waals surface area contributed by atoms with Gasteiger partial charge in [0.25, 0.3) is 0 Å². The summed E-state index contributed by atoms with van der Waals surface area (Å²) >= 11 is 12.9. The van der Waals surface area contributed by atoms with Crippen molar-refractivity contribution >= 4 is 50.7 Å². The number of hydrogen-bond donors (Lipinski definition) is 1. The molecule has 0 saturated heterocycles. The minimum absolute atomic E-state index is 0.0869. The van der Waals surface area contributed by atoms with E-state index in [1.165, 1.54) is 4.90 Å². The largest absolute Gasteiger partial charge is 0.355 e. The van der Waals surface area contributed by atoms with Gasteiger partial charge in [-0.05, 0) is 61.7 Å². The molecule has 0 radical (unpaired) electrons. The van der Waals surface area contributed by atoms with E-state index in [0.29, 0.717) is 27.8 Å². The van der Waals surface area contributed by atoms with Crippen molar-refractivity contribution in [1.82, 2.24) is 10.2 Å². The first-order chi connectivity index (χ1) is 18.4. The van der Waals surface area contributed by atoms with E-state index in [9.17, 15) is 18.0 Å². The van der Waals surface area contributed by atoms with Gasteiger partial charge in [0.1, 0.15) is 12.6 Å². The lowest BCUT2D eigenvalue weighted by atomic mass is 10.0. The first-order valence-corrected chi connectivity index (χ1v) is 15.1. The minimum Gasteiger partial charge on any atom is -0.355 e. The topological polar surface area (TPSA) is 86.8 Å². The van der Waals surface area contributed by atoms with Crippen LogP contribution in [0.2, 0.25) is 10.0 Å². The number of nitrogens with zero attached hydrogens (tertiary/aromatic N) is 2. The lowest BCUT2D eigenvalue weighted by molar-refractivity contribution is -0.140. The number of anilines is 1. The summed E-state index contributed by atoms with van der Waals surface area (Å²) in [7, 11) is -3.85. The van der Waals surface area contributed by atoms with E-state index in [2.05, 4.69) is 5.32 Å². The van der Waals surface area contributed by atoms with Crippen molar-refractivity contribution in [2.75, 3.05) is 23.7 Å². The van der Waals surface area contributed by atoms with Crippen molar-refractivity contribution in [3.8, 4) is 0 Å². The second kappa shape index (κ2) is 13.3. The van der Waals surface area contributed by atoms with E-state index in [4.69, 9.17) is 23.2 Å². The second-order valence-corrected chi connectivity index (χ2v) is 12.2. The van der Waals surface area contributed by atoms with Crippen LogP contribution in [0, 0.1) is 13.8 Å². The molecular weight excluding hydrogens is 557 g/mol. The first kappa shape index (κ1) is 30.5. The van der Waals surface area contributed by atoms with Crippen molar-refractivity contribution in [1.29, 1.82) is 0 Å². The number of likely N-dealkylation sites (N-methyl/N-ethyl adjacent to an activating group) is 1. The Bertz CT molecular complexity index is 1390. The summed E-state index contributed by atoms with van der Waals surface area (Å²) in [6, 6.07) is 18.7. The molecule has 0 heterocycles. The van der Waals surface area contributed by atoms with Crippen LogP contribution in [-0.4, -0.2) is 50.5 Å². The maximum atomic E-state index is 14.1. The molecule has 0 spiro atoms. The van der Waals surface area contributed by atoms with Gasteiger partial charge >= 0.3 is 0 Å². The van der Waals surface area contributed by atoms with Crippen molar-refractivity contribution in [2.45, 2.75) is 39.8 Å². The number of amides is 2. The zero-order valence-corrected chi connectivity index (χ0v) is 24.8. The molecule has 0 unspecified atom stereocenters. The average molecular weight is 591 g/mol. The van der Waals surface area contributed by atoms with Gasteiger partial charge in [-0.25, -0.2) is 8.42 Å². The van der Waals surface area contributed by atoms with Crippen molar-refractivity contribution < 1.29 is 18.0 Å². The van der Waals surface area contributed by atoms with E-state index in [-0.39, 0.29) is 18.9 Å². The monoisotopic (exact) mass is 589 g/mol. The average Bonchev–Trinajstić information content (AvgIpc) is 2.85. The third kappa shape index (κ3) is 8.21. The standard InChI is InChI=1S/C29H33Cl2N3O4S/c1-5-32-29(36)27(17-22-10-7-6-8-11-22)33(18-24-25(30)12-9-13-26(24)31)28(35)19-34(39(4,37)38)23-15-20(2)14-21(3)16-23/h6-16,27H,5,17-19H2,1-4H3,(H,32,36)/t27-/m0/s1. The van der Waals surface area contributed by atoms with Gasteiger partial charge in [-0.3, -0.25) is 13.9 Å². The molecule has 3 aromatic rings. The molecule has 39 heavy (non-hydrogen) atoms. The van der Waals surface area contributed by atoms with Gasteiger partial charge in [0.15, 0.2) is 0 Å². The third-order valence-corrected chi connectivity index (χ3v) is 8.03. The van der Waals surface area contributed by atoms with E-state index in [0.717, 1.165) is 27.3 Å². The molecule has 3 rings (SSSR count). The number of carbonyl (C=O) groups excluding carboxylic acids is 2. The number of halogens is 2. The lowest BCUT2D eigenvalue weighted by Gasteiger charge is -2.34. The van der Waals surface area contributed by atoms with Crippen molar-refractivity contribution in [3.63, 3.8) is 0 Å². The Kier molecular flexibility index (Phi) is 10.4. The van der Waals surface area contributed by atoms with E-state index in [1.54, 1.807) is 37.3 Å². The van der Waals surface area contributed by atoms with Crippen LogP contribution in [0.15, 0.2) is 66.7 Å². The second-order valence-electron chi connectivity index (χ2n) is 9.44. The molecule has 1 atom stereocenters. The fourth-order valence-electron chi connectivity index (χ4n) is 4.41. The molecule has 208 valence electrons. The molecule has 0 aliphatic rings. The number of nitrogens with one attached hydrogen (secondary N) is 1. The van der Waals surface area contributed by atoms with Crippen LogP contribution >= 0.6 is 23.2 Å². The smallest absolute Gasteiger partial charge is 0.244 e. The number of sulfonamides is 1. The molecule has 0 aromatic heterocycles. The van der Waals surface area contributed by atoms with Gasteiger partial charge in [-0.2, -0.15) is 0 Å². The van der Waals surface area contributed by atoms with Gasteiger partial charge < -0.3 is 10.2 Å². The number of hydrogen-bond acceptors (Lipinski definition) is 4. The van der Waals surface area contributed by atoms with Gasteiger partial charge in [-0.15, -0.1) is 0 Å². The Morgan fingerprint density at radius 2 is 1.51 bits per heavy atom. The molecule has 0 aliphatic heterocycles. The maximum Gasteiger partial charge on any atom is 0.244 e. The van der Waals surface area contributed by atoms with Crippen LogP contribution in [0.3, 0.4) is 0 Å². The number of aryl methyl sites for hydroxylation is 2. The third-order valence-electron chi connectivity index (χ3n) is 6.19. The van der Waals surface area contributed by atoms with Crippen LogP contribution in [0.4, 0.5) is 5.69 Å². The summed E-state index contributed by atoms with van der Waals surface area (Å²) in [6.45, 7) is 5.27. The molecule has 0 fully saturated rings. The Hall–Kier alpha value is -3.07. The molecule has 2 amide bonds. The van der Waals surface area contributed by atoms with E-state index >= 15 is 0 Å². The first-order valence-electron chi connectivity index (χ1n) is 12.5. The fraction of sp³-hybridized carbons (Fsp3) is 0.310. The minimum atomic E-state index is -3.85. The van der Waals surface area contributed by atoms with Crippen molar-refractivity contribution in [2.24, 2.45) is 0 Å². The zero-order chi connectivity index (χ0) is 28.7. The Balaban J connectivity index is 2.10. The van der Waals surface area contributed by atoms with Crippen LogP contribution in [-0.2, 0) is 32.6 Å². The summed E-state index contributed by atoms with van der Waals surface area (Å²) in [4.78, 5) is 28.8. The van der Waals surface area contributed by atoms with Crippen molar-refractivity contribution in [3.05, 3.63) is 99.0 Å². The van der Waals surface area contributed by atoms with Crippen LogP contribution < -0.4 is 9.62 Å². The molecule has 7 nitrogen and oxygen atoms in total. The molecule has 10 heteroatoms. The summed E-state index contributed by atoms with van der Waals surface area (Å²) in [5, 5.41) is 3.49. The predicted molar refractivity (Wildman–Crippen MR) is 158 cm³/mol. The highest BCUT2D eigenvalue weighted by molar-refractivity contribution is 7.92. The van der Waals surface area contributed by atoms with E-state index in [1.807, 2.05) is 50.2 Å². The molecular formula is C29H33Cl2N3O4S. The van der Waals surface area contributed by atoms with Crippen LogP contribution in [0.1, 0.15) is 29.2 Å². The molecule has 0 bridgehead atoms. The SMILES string of the molecule is CCNC(=O)[C@H](Cc1ccccc1)N(Cc1c(Cl)cccc1Cl)C(=O)CN(c1cc(C)cc(C)c1)S(C)(=O)=O. The lowest BCUT2D eigenvalue weighted by Crippen LogP contribution is -2.53. The zero-order valence-electron chi connectivity index (χ0n) is 22.4. The summed E-state index contributed by atoms with van der Waals surface area (Å²) in [6.07, 6.45) is 1.27. The number of rotatable bonds is 11. The summed E-state index contributed by atoms with van der Waals surface area (Å²) in [5.74, 6) is -0.932. The van der Waals surface area contributed by atoms with Crippen LogP contribution in [0.5, 0.6) is 0 Å². The Morgan fingerprint density at radius 1 is 0.923 bits per heavy atom. The Morgan fingerprint density at radius 3 is 2.05 bits per heavy atom. The molecule has 0 aliphatic carbocycles. The Labute approximate surface area is 240 Å². The predicted octanol–water partition coefficient (Wildman–Crippen LogP) is 5.15. The molecule has 3 aromatic carbocycles. The fourth-order valence-corrected chi connectivity index (χ4v) is 5.76. The highest BCUT2D eigenvalue weighted by atomic mass is 35.5. The highest BCUT2D eigenvalue weighted by Crippen LogP contribution is 2.28. The van der Waals surface area contributed by atoms with Gasteiger partial charge in [0.2, 0.25) is 21.8 Å².